The van der Waals surface area contributed by atoms with Crippen molar-refractivity contribution in [3.63, 3.8) is 0 Å². The molecule has 0 aliphatic rings. The van der Waals surface area contributed by atoms with Crippen LogP contribution in [0.2, 0.25) is 0 Å². The van der Waals surface area contributed by atoms with Crippen LogP contribution in [0.4, 0.5) is 0 Å². The molecule has 3 aromatic rings. The van der Waals surface area contributed by atoms with Gasteiger partial charge >= 0.3 is 5.97 Å². The number of carboxylic acids is 1. The van der Waals surface area contributed by atoms with Crippen molar-refractivity contribution in [2.75, 3.05) is 0 Å². The Morgan fingerprint density at radius 1 is 0.762 bits per heavy atom. The molecule has 0 bridgehead atoms. The molecule has 1 aromatic heterocycles. The van der Waals surface area contributed by atoms with Gasteiger partial charge in [-0.15, -0.1) is 0 Å². The zero-order chi connectivity index (χ0) is 14.7. The van der Waals surface area contributed by atoms with E-state index in [9.17, 15) is 4.79 Å². The molecule has 21 heavy (non-hydrogen) atoms. The predicted molar refractivity (Wildman–Crippen MR) is 82.1 cm³/mol. The zero-order valence-corrected chi connectivity index (χ0v) is 11.2. The lowest BCUT2D eigenvalue weighted by Crippen LogP contribution is -1.95. The average molecular weight is 275 g/mol. The molecular weight excluding hydrogens is 262 g/mol. The Balaban J connectivity index is 2.09. The van der Waals surface area contributed by atoms with Gasteiger partial charge in [0.25, 0.3) is 0 Å². The van der Waals surface area contributed by atoms with Crippen molar-refractivity contribution in [2.45, 2.75) is 0 Å². The number of hydrogen-bond donors (Lipinski definition) is 1. The van der Waals surface area contributed by atoms with Gasteiger partial charge in [0.15, 0.2) is 0 Å². The van der Waals surface area contributed by atoms with E-state index in [1.165, 1.54) is 0 Å². The van der Waals surface area contributed by atoms with Crippen LogP contribution in [-0.4, -0.2) is 16.1 Å². The van der Waals surface area contributed by atoms with Gasteiger partial charge in [0, 0.05) is 12.4 Å². The van der Waals surface area contributed by atoms with E-state index in [-0.39, 0.29) is 0 Å². The molecule has 0 spiro atoms. The SMILES string of the molecule is O=C(O)c1ccc(-c2ccccc2-c2ccncc2)cc1. The average Bonchev–Trinajstić information content (AvgIpc) is 2.56. The number of aromatic carboxylic acids is 1. The van der Waals surface area contributed by atoms with Crippen molar-refractivity contribution in [2.24, 2.45) is 0 Å². The third kappa shape index (κ3) is 2.67. The number of carbonyl (C=O) groups is 1. The minimum Gasteiger partial charge on any atom is -0.478 e. The topological polar surface area (TPSA) is 50.2 Å². The summed E-state index contributed by atoms with van der Waals surface area (Å²) in [6.07, 6.45) is 3.53. The van der Waals surface area contributed by atoms with Gasteiger partial charge in [-0.2, -0.15) is 0 Å². The highest BCUT2D eigenvalue weighted by Gasteiger charge is 2.08. The lowest BCUT2D eigenvalue weighted by Gasteiger charge is -2.10. The molecule has 0 aliphatic heterocycles. The summed E-state index contributed by atoms with van der Waals surface area (Å²) < 4.78 is 0. The van der Waals surface area contributed by atoms with E-state index in [1.54, 1.807) is 24.5 Å². The Labute approximate surface area is 122 Å². The lowest BCUT2D eigenvalue weighted by molar-refractivity contribution is 0.0697. The Morgan fingerprint density at radius 3 is 1.81 bits per heavy atom. The summed E-state index contributed by atoms with van der Waals surface area (Å²) in [6.45, 7) is 0. The smallest absolute Gasteiger partial charge is 0.335 e. The largest absolute Gasteiger partial charge is 0.478 e. The molecular formula is C18H13NO2. The normalized spacial score (nSPS) is 10.3. The Bertz CT molecular complexity index is 765. The lowest BCUT2D eigenvalue weighted by atomic mass is 9.95. The highest BCUT2D eigenvalue weighted by Crippen LogP contribution is 2.31. The second-order valence-corrected chi connectivity index (χ2v) is 4.66. The fourth-order valence-electron chi connectivity index (χ4n) is 2.31. The number of hydrogen-bond acceptors (Lipinski definition) is 2. The first-order chi connectivity index (χ1) is 10.3. The van der Waals surface area contributed by atoms with E-state index in [0.717, 1.165) is 22.3 Å². The second kappa shape index (κ2) is 5.59. The Hall–Kier alpha value is -2.94. The third-order valence-electron chi connectivity index (χ3n) is 3.36. The molecule has 1 heterocycles. The van der Waals surface area contributed by atoms with E-state index in [1.807, 2.05) is 42.5 Å². The van der Waals surface area contributed by atoms with Gasteiger partial charge in [0.05, 0.1) is 5.56 Å². The standard InChI is InChI=1S/C18H13NO2/c20-18(21)15-7-5-13(6-8-15)16-3-1-2-4-17(16)14-9-11-19-12-10-14/h1-12H,(H,20,21). The van der Waals surface area contributed by atoms with Gasteiger partial charge in [-0.1, -0.05) is 36.4 Å². The van der Waals surface area contributed by atoms with Crippen LogP contribution >= 0.6 is 0 Å². The monoisotopic (exact) mass is 275 g/mol. The Morgan fingerprint density at radius 2 is 1.29 bits per heavy atom. The van der Waals surface area contributed by atoms with Crippen molar-refractivity contribution in [1.82, 2.24) is 4.98 Å². The molecule has 3 heteroatoms. The van der Waals surface area contributed by atoms with Crippen LogP contribution in [0.25, 0.3) is 22.3 Å². The van der Waals surface area contributed by atoms with Gasteiger partial charge < -0.3 is 5.11 Å². The van der Waals surface area contributed by atoms with Crippen LogP contribution in [0.5, 0.6) is 0 Å². The molecule has 0 aliphatic carbocycles. The van der Waals surface area contributed by atoms with E-state index >= 15 is 0 Å². The van der Waals surface area contributed by atoms with Crippen molar-refractivity contribution >= 4 is 5.97 Å². The first-order valence-corrected chi connectivity index (χ1v) is 6.59. The fourth-order valence-corrected chi connectivity index (χ4v) is 2.31. The fraction of sp³-hybridized carbons (Fsp3) is 0. The molecule has 102 valence electrons. The number of aromatic nitrogens is 1. The summed E-state index contributed by atoms with van der Waals surface area (Å²) >= 11 is 0. The van der Waals surface area contributed by atoms with Crippen LogP contribution in [0.3, 0.4) is 0 Å². The first kappa shape index (κ1) is 13.1. The number of benzene rings is 2. The van der Waals surface area contributed by atoms with Crippen molar-refractivity contribution in [1.29, 1.82) is 0 Å². The van der Waals surface area contributed by atoms with Crippen LogP contribution in [0, 0.1) is 0 Å². The molecule has 0 amide bonds. The summed E-state index contributed by atoms with van der Waals surface area (Å²) in [5.74, 6) is -0.913. The van der Waals surface area contributed by atoms with Gasteiger partial charge in [-0.25, -0.2) is 4.79 Å². The maximum absolute atomic E-state index is 10.9. The third-order valence-corrected chi connectivity index (χ3v) is 3.36. The van der Waals surface area contributed by atoms with Crippen molar-refractivity contribution in [3.8, 4) is 22.3 Å². The molecule has 0 fully saturated rings. The van der Waals surface area contributed by atoms with E-state index in [4.69, 9.17) is 5.11 Å². The molecule has 0 atom stereocenters. The summed E-state index contributed by atoms with van der Waals surface area (Å²) in [5, 5.41) is 8.97. The van der Waals surface area contributed by atoms with Crippen LogP contribution in [-0.2, 0) is 0 Å². The molecule has 3 nitrogen and oxygen atoms in total. The maximum atomic E-state index is 10.9. The minimum atomic E-state index is -0.913. The predicted octanol–water partition coefficient (Wildman–Crippen LogP) is 4.11. The highest BCUT2D eigenvalue weighted by atomic mass is 16.4. The van der Waals surface area contributed by atoms with E-state index < -0.39 is 5.97 Å². The van der Waals surface area contributed by atoms with Crippen LogP contribution in [0.15, 0.2) is 73.1 Å². The quantitative estimate of drug-likeness (QED) is 0.782. The summed E-state index contributed by atoms with van der Waals surface area (Å²) in [7, 11) is 0. The summed E-state index contributed by atoms with van der Waals surface area (Å²) in [5.41, 5.74) is 4.54. The number of nitrogens with zero attached hydrogens (tertiary/aromatic N) is 1. The molecule has 1 N–H and O–H groups in total. The van der Waals surface area contributed by atoms with E-state index in [0.29, 0.717) is 5.56 Å². The zero-order valence-electron chi connectivity index (χ0n) is 11.2. The molecule has 0 radical (unpaired) electrons. The molecule has 0 unspecified atom stereocenters. The number of rotatable bonds is 3. The van der Waals surface area contributed by atoms with E-state index in [2.05, 4.69) is 11.1 Å². The molecule has 3 rings (SSSR count). The molecule has 0 saturated carbocycles. The summed E-state index contributed by atoms with van der Waals surface area (Å²) in [4.78, 5) is 15.0. The van der Waals surface area contributed by atoms with Gasteiger partial charge in [0.2, 0.25) is 0 Å². The molecule has 0 saturated heterocycles. The number of carboxylic acid groups (broad SMARTS) is 1. The summed E-state index contributed by atoms with van der Waals surface area (Å²) in [6, 6.07) is 18.9. The van der Waals surface area contributed by atoms with Gasteiger partial charge in [-0.05, 0) is 46.5 Å². The number of pyridine rings is 1. The van der Waals surface area contributed by atoms with Crippen molar-refractivity contribution in [3.05, 3.63) is 78.6 Å². The van der Waals surface area contributed by atoms with Crippen molar-refractivity contribution < 1.29 is 9.90 Å². The van der Waals surface area contributed by atoms with Gasteiger partial charge in [0.1, 0.15) is 0 Å². The minimum absolute atomic E-state index is 0.292. The Kier molecular flexibility index (Phi) is 3.48. The van der Waals surface area contributed by atoms with Crippen LogP contribution in [0.1, 0.15) is 10.4 Å². The van der Waals surface area contributed by atoms with Gasteiger partial charge in [-0.3, -0.25) is 4.98 Å². The second-order valence-electron chi connectivity index (χ2n) is 4.66. The maximum Gasteiger partial charge on any atom is 0.335 e. The highest BCUT2D eigenvalue weighted by molar-refractivity contribution is 5.89. The van der Waals surface area contributed by atoms with Crippen LogP contribution < -0.4 is 0 Å². The molecule has 2 aromatic carbocycles. The first-order valence-electron chi connectivity index (χ1n) is 6.59.